The second kappa shape index (κ2) is 4.11. The van der Waals surface area contributed by atoms with Gasteiger partial charge in [0.25, 0.3) is 0 Å². The molecule has 0 bridgehead atoms. The Morgan fingerprint density at radius 2 is 2.14 bits per heavy atom. The molecule has 2 rings (SSSR count). The summed E-state index contributed by atoms with van der Waals surface area (Å²) in [5.74, 6) is 0. The maximum absolute atomic E-state index is 6.04. The fourth-order valence-electron chi connectivity index (χ4n) is 2.16. The first-order chi connectivity index (χ1) is 6.81. The van der Waals surface area contributed by atoms with E-state index in [1.165, 1.54) is 36.0 Å². The normalized spacial score (nSPS) is 16.7. The number of fused-ring (bicyclic) bond motifs is 1. The lowest BCUT2D eigenvalue weighted by Crippen LogP contribution is -2.24. The highest BCUT2D eigenvalue weighted by Gasteiger charge is 2.12. The van der Waals surface area contributed by atoms with E-state index in [-0.39, 0.29) is 6.04 Å². The van der Waals surface area contributed by atoms with Gasteiger partial charge in [0.2, 0.25) is 0 Å². The van der Waals surface area contributed by atoms with Crippen LogP contribution in [0, 0.1) is 0 Å². The molecule has 14 heavy (non-hydrogen) atoms. The van der Waals surface area contributed by atoms with E-state index in [1.807, 2.05) is 7.05 Å². The highest BCUT2D eigenvalue weighted by molar-refractivity contribution is 5.36. The number of hydrogen-bond acceptors (Lipinski definition) is 2. The van der Waals surface area contributed by atoms with Gasteiger partial charge in [-0.15, -0.1) is 0 Å². The summed E-state index contributed by atoms with van der Waals surface area (Å²) in [5, 5.41) is 3.11. The maximum Gasteiger partial charge on any atom is 0.0421 e. The second-order valence-corrected chi connectivity index (χ2v) is 4.05. The van der Waals surface area contributed by atoms with Crippen molar-refractivity contribution in [3.63, 3.8) is 0 Å². The first-order valence-corrected chi connectivity index (χ1v) is 5.33. The molecule has 0 amide bonds. The molecule has 2 nitrogen and oxygen atoms in total. The van der Waals surface area contributed by atoms with Crippen molar-refractivity contribution >= 4 is 0 Å². The first kappa shape index (κ1) is 9.69. The Morgan fingerprint density at radius 3 is 2.93 bits per heavy atom. The Balaban J connectivity index is 2.19. The van der Waals surface area contributed by atoms with Crippen LogP contribution in [0.1, 0.15) is 29.2 Å². The van der Waals surface area contributed by atoms with Crippen LogP contribution in [-0.2, 0) is 12.8 Å². The van der Waals surface area contributed by atoms with E-state index in [4.69, 9.17) is 5.73 Å². The van der Waals surface area contributed by atoms with Gasteiger partial charge in [-0.05, 0) is 43.0 Å². The molecule has 3 N–H and O–H groups in total. The summed E-state index contributed by atoms with van der Waals surface area (Å²) < 4.78 is 0. The topological polar surface area (TPSA) is 38.0 Å². The molecule has 1 aliphatic rings. The van der Waals surface area contributed by atoms with Crippen LogP contribution >= 0.6 is 0 Å². The summed E-state index contributed by atoms with van der Waals surface area (Å²) in [6.45, 7) is 0.846. The standard InChI is InChI=1S/C12H18N2/c1-14-8-12(13)11-6-5-9-3-2-4-10(9)7-11/h5-7,12,14H,2-4,8,13H2,1H3. The predicted octanol–water partition coefficient (Wildman–Crippen LogP) is 1.39. The van der Waals surface area contributed by atoms with Crippen LogP contribution in [0.5, 0.6) is 0 Å². The number of aryl methyl sites for hydroxylation is 2. The summed E-state index contributed by atoms with van der Waals surface area (Å²) in [6.07, 6.45) is 3.78. The Labute approximate surface area is 85.5 Å². The summed E-state index contributed by atoms with van der Waals surface area (Å²) in [4.78, 5) is 0. The van der Waals surface area contributed by atoms with Gasteiger partial charge in [0, 0.05) is 12.6 Å². The van der Waals surface area contributed by atoms with Crippen LogP contribution in [0.25, 0.3) is 0 Å². The predicted molar refractivity (Wildman–Crippen MR) is 59.3 cm³/mol. The number of rotatable bonds is 3. The molecule has 0 aromatic heterocycles. The molecule has 1 aromatic rings. The molecule has 0 radical (unpaired) electrons. The molecule has 1 atom stereocenters. The molecule has 76 valence electrons. The fraction of sp³-hybridized carbons (Fsp3) is 0.500. The van der Waals surface area contributed by atoms with Gasteiger partial charge in [0.05, 0.1) is 0 Å². The Bertz CT molecular complexity index is 320. The highest BCUT2D eigenvalue weighted by Crippen LogP contribution is 2.24. The number of hydrogen-bond donors (Lipinski definition) is 2. The molecule has 0 saturated carbocycles. The van der Waals surface area contributed by atoms with E-state index >= 15 is 0 Å². The van der Waals surface area contributed by atoms with E-state index in [9.17, 15) is 0 Å². The molecular formula is C12H18N2. The first-order valence-electron chi connectivity index (χ1n) is 5.33. The third-order valence-corrected chi connectivity index (χ3v) is 2.97. The molecule has 1 unspecified atom stereocenters. The van der Waals surface area contributed by atoms with Crippen LogP contribution in [0.2, 0.25) is 0 Å². The molecule has 0 fully saturated rings. The van der Waals surface area contributed by atoms with Crippen molar-refractivity contribution in [3.8, 4) is 0 Å². The Hall–Kier alpha value is -0.860. The molecule has 1 aliphatic carbocycles. The minimum absolute atomic E-state index is 0.130. The van der Waals surface area contributed by atoms with E-state index in [1.54, 1.807) is 0 Å². The average Bonchev–Trinajstić information content (AvgIpc) is 2.64. The van der Waals surface area contributed by atoms with Gasteiger partial charge in [-0.1, -0.05) is 18.2 Å². The van der Waals surface area contributed by atoms with Gasteiger partial charge in [0.15, 0.2) is 0 Å². The van der Waals surface area contributed by atoms with Crippen LogP contribution in [0.15, 0.2) is 18.2 Å². The second-order valence-electron chi connectivity index (χ2n) is 4.05. The van der Waals surface area contributed by atoms with Gasteiger partial charge >= 0.3 is 0 Å². The summed E-state index contributed by atoms with van der Waals surface area (Å²) in [6, 6.07) is 6.83. The summed E-state index contributed by atoms with van der Waals surface area (Å²) in [5.41, 5.74) is 10.3. The smallest absolute Gasteiger partial charge is 0.0421 e. The van der Waals surface area contributed by atoms with E-state index in [2.05, 4.69) is 23.5 Å². The molecule has 0 saturated heterocycles. The quantitative estimate of drug-likeness (QED) is 0.756. The lowest BCUT2D eigenvalue weighted by atomic mass is 10.0. The molecule has 0 spiro atoms. The van der Waals surface area contributed by atoms with Gasteiger partial charge in [0.1, 0.15) is 0 Å². The van der Waals surface area contributed by atoms with Crippen molar-refractivity contribution in [3.05, 3.63) is 34.9 Å². The van der Waals surface area contributed by atoms with Crippen molar-refractivity contribution in [2.75, 3.05) is 13.6 Å². The number of nitrogens with one attached hydrogen (secondary N) is 1. The average molecular weight is 190 g/mol. The summed E-state index contributed by atoms with van der Waals surface area (Å²) in [7, 11) is 1.94. The maximum atomic E-state index is 6.04. The van der Waals surface area contributed by atoms with Crippen molar-refractivity contribution in [2.24, 2.45) is 5.73 Å². The Morgan fingerprint density at radius 1 is 1.36 bits per heavy atom. The molecule has 2 heteroatoms. The minimum Gasteiger partial charge on any atom is -0.323 e. The molecular weight excluding hydrogens is 172 g/mol. The van der Waals surface area contributed by atoms with Crippen molar-refractivity contribution < 1.29 is 0 Å². The fourth-order valence-corrected chi connectivity index (χ4v) is 2.16. The minimum atomic E-state index is 0.130. The van der Waals surface area contributed by atoms with E-state index in [0.29, 0.717) is 0 Å². The summed E-state index contributed by atoms with van der Waals surface area (Å²) >= 11 is 0. The monoisotopic (exact) mass is 190 g/mol. The van der Waals surface area contributed by atoms with Crippen LogP contribution < -0.4 is 11.1 Å². The SMILES string of the molecule is CNCC(N)c1ccc2c(c1)CCC2. The largest absolute Gasteiger partial charge is 0.323 e. The molecule has 0 aliphatic heterocycles. The van der Waals surface area contributed by atoms with Crippen LogP contribution in [-0.4, -0.2) is 13.6 Å². The third kappa shape index (κ3) is 1.81. The number of likely N-dealkylation sites (N-methyl/N-ethyl adjacent to an activating group) is 1. The highest BCUT2D eigenvalue weighted by atomic mass is 14.9. The lowest BCUT2D eigenvalue weighted by Gasteiger charge is -2.12. The zero-order valence-corrected chi connectivity index (χ0v) is 8.72. The number of nitrogens with two attached hydrogens (primary N) is 1. The van der Waals surface area contributed by atoms with Crippen molar-refractivity contribution in [1.82, 2.24) is 5.32 Å². The van der Waals surface area contributed by atoms with E-state index in [0.717, 1.165) is 6.54 Å². The van der Waals surface area contributed by atoms with Gasteiger partial charge in [-0.25, -0.2) is 0 Å². The van der Waals surface area contributed by atoms with Crippen LogP contribution in [0.4, 0.5) is 0 Å². The third-order valence-electron chi connectivity index (χ3n) is 2.97. The Kier molecular flexibility index (Phi) is 2.85. The van der Waals surface area contributed by atoms with Gasteiger partial charge in [-0.2, -0.15) is 0 Å². The zero-order chi connectivity index (χ0) is 9.97. The van der Waals surface area contributed by atoms with Crippen LogP contribution in [0.3, 0.4) is 0 Å². The molecule has 1 aromatic carbocycles. The lowest BCUT2D eigenvalue weighted by molar-refractivity contribution is 0.652. The number of benzene rings is 1. The van der Waals surface area contributed by atoms with E-state index < -0.39 is 0 Å². The van der Waals surface area contributed by atoms with Gasteiger partial charge < -0.3 is 11.1 Å². The van der Waals surface area contributed by atoms with Crippen molar-refractivity contribution in [1.29, 1.82) is 0 Å². The van der Waals surface area contributed by atoms with Crippen molar-refractivity contribution in [2.45, 2.75) is 25.3 Å². The zero-order valence-electron chi connectivity index (χ0n) is 8.72. The molecule has 0 heterocycles. The van der Waals surface area contributed by atoms with Gasteiger partial charge in [-0.3, -0.25) is 0 Å².